The highest BCUT2D eigenvalue weighted by molar-refractivity contribution is 5.72. The van der Waals surface area contributed by atoms with Gasteiger partial charge in [-0.2, -0.15) is 0 Å². The largest absolute Gasteiger partial charge is 0.462 e. The van der Waals surface area contributed by atoms with Crippen LogP contribution in [0.4, 0.5) is 9.59 Å². The van der Waals surface area contributed by atoms with Gasteiger partial charge in [-0.05, 0) is 76.5 Å². The minimum atomic E-state index is -0.555. The van der Waals surface area contributed by atoms with Crippen LogP contribution in [0, 0.1) is 5.92 Å². The maximum atomic E-state index is 12.1. The Bertz CT molecular complexity index is 734. The van der Waals surface area contributed by atoms with Crippen molar-refractivity contribution in [2.75, 3.05) is 19.8 Å². The molecule has 0 aromatic heterocycles. The third-order valence-corrected chi connectivity index (χ3v) is 7.42. The standard InChI is InChI=1S/C27H44N2O8/c30-24(36-22-10-3-1-4-11-22)14-16-34-26(32)28-19-20-8-7-9-21(18-20)29-27(33)35-17-15-25(31)37-23-12-5-2-6-13-23/h20-23H,1-19H2,(H,28,32)(H,29,33). The van der Waals surface area contributed by atoms with Crippen LogP contribution in [0.5, 0.6) is 0 Å². The molecule has 0 spiro atoms. The second kappa shape index (κ2) is 16.3. The lowest BCUT2D eigenvalue weighted by Crippen LogP contribution is -2.41. The predicted octanol–water partition coefficient (Wildman–Crippen LogP) is 4.53. The maximum absolute atomic E-state index is 12.1. The highest BCUT2D eigenvalue weighted by atomic mass is 16.6. The molecule has 210 valence electrons. The minimum absolute atomic E-state index is 0.00267. The fourth-order valence-electron chi connectivity index (χ4n) is 5.40. The molecule has 0 saturated heterocycles. The summed E-state index contributed by atoms with van der Waals surface area (Å²) in [6.45, 7) is 0.424. The van der Waals surface area contributed by atoms with E-state index in [0.717, 1.165) is 70.6 Å². The molecule has 3 fully saturated rings. The van der Waals surface area contributed by atoms with Crippen molar-refractivity contribution in [3.05, 3.63) is 0 Å². The number of nitrogens with one attached hydrogen (secondary N) is 2. The lowest BCUT2D eigenvalue weighted by molar-refractivity contribution is -0.152. The monoisotopic (exact) mass is 524 g/mol. The second-order valence-electron chi connectivity index (χ2n) is 10.5. The Balaban J connectivity index is 1.21. The fraction of sp³-hybridized carbons (Fsp3) is 0.852. The topological polar surface area (TPSA) is 129 Å². The molecule has 2 unspecified atom stereocenters. The zero-order valence-corrected chi connectivity index (χ0v) is 22.0. The molecule has 0 aromatic rings. The molecule has 10 nitrogen and oxygen atoms in total. The van der Waals surface area contributed by atoms with Crippen molar-refractivity contribution in [2.45, 2.75) is 121 Å². The van der Waals surface area contributed by atoms with E-state index < -0.39 is 12.2 Å². The number of hydrogen-bond donors (Lipinski definition) is 2. The molecule has 2 atom stereocenters. The summed E-state index contributed by atoms with van der Waals surface area (Å²) in [4.78, 5) is 48.0. The number of ether oxygens (including phenoxy) is 4. The summed E-state index contributed by atoms with van der Waals surface area (Å²) in [6.07, 6.45) is 12.8. The molecular weight excluding hydrogens is 480 g/mol. The van der Waals surface area contributed by atoms with Crippen molar-refractivity contribution in [1.82, 2.24) is 10.6 Å². The van der Waals surface area contributed by atoms with Gasteiger partial charge in [0.15, 0.2) is 0 Å². The third kappa shape index (κ3) is 12.0. The quantitative estimate of drug-likeness (QED) is 0.298. The van der Waals surface area contributed by atoms with Gasteiger partial charge in [0.05, 0.1) is 12.8 Å². The number of carbonyl (C=O) groups excluding carboxylic acids is 4. The first-order valence-corrected chi connectivity index (χ1v) is 14.2. The van der Waals surface area contributed by atoms with Crippen LogP contribution < -0.4 is 10.6 Å². The molecule has 3 aliphatic carbocycles. The van der Waals surface area contributed by atoms with Crippen molar-refractivity contribution < 1.29 is 38.1 Å². The Kier molecular flexibility index (Phi) is 12.8. The smallest absolute Gasteiger partial charge is 0.407 e. The van der Waals surface area contributed by atoms with E-state index in [4.69, 9.17) is 18.9 Å². The molecule has 3 saturated carbocycles. The SMILES string of the molecule is O=C(CCOC(=O)NCC1CCCC(NC(=O)OCCC(=O)OC2CCCCC2)C1)OC1CCCCC1. The zero-order valence-electron chi connectivity index (χ0n) is 22.0. The van der Waals surface area contributed by atoms with E-state index in [9.17, 15) is 19.2 Å². The summed E-state index contributed by atoms with van der Waals surface area (Å²) in [5.41, 5.74) is 0. The molecular formula is C27H44N2O8. The average molecular weight is 525 g/mol. The second-order valence-corrected chi connectivity index (χ2v) is 10.5. The van der Waals surface area contributed by atoms with Crippen LogP contribution in [-0.4, -0.2) is 62.1 Å². The van der Waals surface area contributed by atoms with E-state index in [1.54, 1.807) is 0 Å². The van der Waals surface area contributed by atoms with Crippen LogP contribution in [0.1, 0.15) is 103 Å². The van der Waals surface area contributed by atoms with Crippen molar-refractivity contribution in [3.63, 3.8) is 0 Å². The van der Waals surface area contributed by atoms with Gasteiger partial charge in [-0.25, -0.2) is 9.59 Å². The first-order valence-electron chi connectivity index (χ1n) is 14.2. The van der Waals surface area contributed by atoms with Crippen LogP contribution in [0.3, 0.4) is 0 Å². The normalized spacial score (nSPS) is 22.9. The average Bonchev–Trinajstić information content (AvgIpc) is 2.89. The zero-order chi connectivity index (χ0) is 26.3. The van der Waals surface area contributed by atoms with E-state index in [1.165, 1.54) is 12.8 Å². The van der Waals surface area contributed by atoms with Crippen LogP contribution in [0.15, 0.2) is 0 Å². The summed E-state index contributed by atoms with van der Waals surface area (Å²) in [6, 6.07) is -0.0483. The van der Waals surface area contributed by atoms with Crippen molar-refractivity contribution in [1.29, 1.82) is 0 Å². The van der Waals surface area contributed by atoms with Gasteiger partial charge in [0, 0.05) is 12.6 Å². The Morgan fingerprint density at radius 2 is 1.16 bits per heavy atom. The third-order valence-electron chi connectivity index (χ3n) is 7.42. The van der Waals surface area contributed by atoms with Gasteiger partial charge < -0.3 is 29.6 Å². The lowest BCUT2D eigenvalue weighted by Gasteiger charge is -2.29. The first-order chi connectivity index (χ1) is 18.0. The molecule has 37 heavy (non-hydrogen) atoms. The summed E-state index contributed by atoms with van der Waals surface area (Å²) in [5, 5.41) is 5.62. The van der Waals surface area contributed by atoms with Crippen molar-refractivity contribution >= 4 is 24.1 Å². The minimum Gasteiger partial charge on any atom is -0.462 e. The molecule has 10 heteroatoms. The fourth-order valence-corrected chi connectivity index (χ4v) is 5.40. The molecule has 2 N–H and O–H groups in total. The number of esters is 2. The summed E-state index contributed by atoms with van der Waals surface area (Å²) < 4.78 is 21.1. The Morgan fingerprint density at radius 1 is 0.622 bits per heavy atom. The Morgan fingerprint density at radius 3 is 1.73 bits per heavy atom. The summed E-state index contributed by atoms with van der Waals surface area (Å²) >= 11 is 0. The van der Waals surface area contributed by atoms with Gasteiger partial charge in [-0.15, -0.1) is 0 Å². The van der Waals surface area contributed by atoms with Crippen LogP contribution in [0.2, 0.25) is 0 Å². The molecule has 0 bridgehead atoms. The molecule has 0 radical (unpaired) electrons. The van der Waals surface area contributed by atoms with Gasteiger partial charge in [0.2, 0.25) is 0 Å². The molecule has 0 heterocycles. The first kappa shape index (κ1) is 29.0. The number of alkyl carbamates (subject to hydrolysis) is 2. The van der Waals surface area contributed by atoms with Gasteiger partial charge in [-0.1, -0.05) is 19.3 Å². The van der Waals surface area contributed by atoms with E-state index in [0.29, 0.717) is 13.0 Å². The molecule has 3 rings (SSSR count). The highest BCUT2D eigenvalue weighted by Gasteiger charge is 2.25. The van der Waals surface area contributed by atoms with Crippen LogP contribution in [-0.2, 0) is 28.5 Å². The number of carbonyl (C=O) groups is 4. The molecule has 3 aliphatic rings. The van der Waals surface area contributed by atoms with Gasteiger partial charge in [0.25, 0.3) is 0 Å². The Labute approximate surface area is 219 Å². The van der Waals surface area contributed by atoms with Crippen molar-refractivity contribution in [3.8, 4) is 0 Å². The van der Waals surface area contributed by atoms with Gasteiger partial charge in [-0.3, -0.25) is 9.59 Å². The molecule has 0 aromatic carbocycles. The van der Waals surface area contributed by atoms with E-state index in [2.05, 4.69) is 10.6 Å². The number of amides is 2. The van der Waals surface area contributed by atoms with E-state index >= 15 is 0 Å². The van der Waals surface area contributed by atoms with E-state index in [-0.39, 0.29) is 62.2 Å². The molecule has 0 aliphatic heterocycles. The van der Waals surface area contributed by atoms with Crippen LogP contribution >= 0.6 is 0 Å². The lowest BCUT2D eigenvalue weighted by atomic mass is 9.86. The molecule has 2 amide bonds. The highest BCUT2D eigenvalue weighted by Crippen LogP contribution is 2.24. The Hall–Kier alpha value is -2.52. The number of rotatable bonds is 11. The van der Waals surface area contributed by atoms with Crippen molar-refractivity contribution in [2.24, 2.45) is 5.92 Å². The van der Waals surface area contributed by atoms with E-state index in [1.807, 2.05) is 0 Å². The van der Waals surface area contributed by atoms with Gasteiger partial charge >= 0.3 is 24.1 Å². The maximum Gasteiger partial charge on any atom is 0.407 e. The van der Waals surface area contributed by atoms with Gasteiger partial charge in [0.1, 0.15) is 25.4 Å². The predicted molar refractivity (Wildman–Crippen MR) is 135 cm³/mol. The summed E-state index contributed by atoms with van der Waals surface area (Å²) in [5.74, 6) is -0.446. The number of hydrogen-bond acceptors (Lipinski definition) is 8. The van der Waals surface area contributed by atoms with Crippen LogP contribution in [0.25, 0.3) is 0 Å². The summed E-state index contributed by atoms with van der Waals surface area (Å²) in [7, 11) is 0.